The second-order valence-corrected chi connectivity index (χ2v) is 7.80. The lowest BCUT2D eigenvalue weighted by molar-refractivity contribution is 0.277. The Balaban J connectivity index is 1.50. The average Bonchev–Trinajstić information content (AvgIpc) is 2.69. The Morgan fingerprint density at radius 1 is 0.962 bits per heavy atom. The quantitative estimate of drug-likeness (QED) is 0.540. The highest BCUT2D eigenvalue weighted by molar-refractivity contribution is 5.59. The first-order valence-corrected chi connectivity index (χ1v) is 10.3. The van der Waals surface area contributed by atoms with Crippen LogP contribution in [0.5, 0.6) is 5.75 Å². The topological polar surface area (TPSA) is 35.0 Å². The highest BCUT2D eigenvalue weighted by atomic mass is 16.5. The molecule has 1 saturated carbocycles. The van der Waals surface area contributed by atoms with E-state index in [0.29, 0.717) is 0 Å². The summed E-state index contributed by atoms with van der Waals surface area (Å²) >= 11 is 0. The zero-order chi connectivity index (χ0) is 18.2. The molecule has 3 nitrogen and oxygen atoms in total. The number of ether oxygens (including phenoxy) is 1. The third-order valence-electron chi connectivity index (χ3n) is 5.58. The summed E-state index contributed by atoms with van der Waals surface area (Å²) in [5, 5.41) is 8.90. The van der Waals surface area contributed by atoms with Crippen molar-refractivity contribution in [1.29, 1.82) is 0 Å². The Bertz CT molecular complexity index is 643. The molecule has 0 unspecified atom stereocenters. The van der Waals surface area contributed by atoms with Crippen molar-refractivity contribution in [3.63, 3.8) is 0 Å². The molecule has 1 heterocycles. The van der Waals surface area contributed by atoms with Crippen molar-refractivity contribution in [3.8, 4) is 17.0 Å². The molecule has 26 heavy (non-hydrogen) atoms. The molecule has 1 fully saturated rings. The van der Waals surface area contributed by atoms with E-state index in [0.717, 1.165) is 60.4 Å². The van der Waals surface area contributed by atoms with Crippen molar-refractivity contribution in [2.24, 2.45) is 11.8 Å². The highest BCUT2D eigenvalue weighted by Crippen LogP contribution is 2.31. The summed E-state index contributed by atoms with van der Waals surface area (Å²) in [7, 11) is 0. The smallest absolute Gasteiger partial charge is 0.119 e. The summed E-state index contributed by atoms with van der Waals surface area (Å²) in [6, 6.07) is 12.4. The number of aryl methyl sites for hydroxylation is 1. The van der Waals surface area contributed by atoms with Crippen LogP contribution >= 0.6 is 0 Å². The zero-order valence-corrected chi connectivity index (χ0v) is 16.3. The van der Waals surface area contributed by atoms with Gasteiger partial charge < -0.3 is 4.74 Å². The highest BCUT2D eigenvalue weighted by Gasteiger charge is 2.18. The van der Waals surface area contributed by atoms with Gasteiger partial charge in [-0.25, -0.2) is 0 Å². The number of nitrogens with zero attached hydrogens (tertiary/aromatic N) is 2. The third kappa shape index (κ3) is 5.55. The molecule has 1 aromatic carbocycles. The van der Waals surface area contributed by atoms with E-state index < -0.39 is 0 Å². The minimum absolute atomic E-state index is 0.782. The Hall–Kier alpha value is -1.90. The van der Waals surface area contributed by atoms with Crippen LogP contribution in [-0.2, 0) is 6.42 Å². The molecular weight excluding hydrogens is 320 g/mol. The molecule has 0 saturated heterocycles. The number of hydrogen-bond acceptors (Lipinski definition) is 3. The van der Waals surface area contributed by atoms with E-state index in [4.69, 9.17) is 4.74 Å². The molecule has 0 radical (unpaired) electrons. The second-order valence-electron chi connectivity index (χ2n) is 7.80. The number of unbranched alkanes of at least 4 members (excludes halogenated alkanes) is 1. The van der Waals surface area contributed by atoms with Crippen molar-refractivity contribution in [1.82, 2.24) is 10.2 Å². The van der Waals surface area contributed by atoms with Crippen molar-refractivity contribution >= 4 is 0 Å². The van der Waals surface area contributed by atoms with Gasteiger partial charge in [0.2, 0.25) is 0 Å². The lowest BCUT2D eigenvalue weighted by atomic mass is 9.81. The molecule has 0 aliphatic heterocycles. The summed E-state index contributed by atoms with van der Waals surface area (Å²) in [4.78, 5) is 0. The monoisotopic (exact) mass is 352 g/mol. The molecule has 1 aliphatic carbocycles. The molecule has 140 valence electrons. The Kier molecular flexibility index (Phi) is 7.04. The standard InChI is InChI=1S/C23H32N2O/c1-3-4-17-26-22-14-10-20(11-15-22)23-16-13-21(24-25-23)12-9-19-7-5-18(2)6-8-19/h10-11,13-16,18-19H,3-9,12,17H2,1-2H3. The van der Waals surface area contributed by atoms with Crippen molar-refractivity contribution in [3.05, 3.63) is 42.1 Å². The minimum Gasteiger partial charge on any atom is -0.494 e. The average molecular weight is 353 g/mol. The number of benzene rings is 1. The predicted molar refractivity (Wildman–Crippen MR) is 107 cm³/mol. The van der Waals surface area contributed by atoms with E-state index in [1.54, 1.807) is 0 Å². The SMILES string of the molecule is CCCCOc1ccc(-c2ccc(CCC3CCC(C)CC3)nn2)cc1. The van der Waals surface area contributed by atoms with E-state index in [1.165, 1.54) is 32.1 Å². The van der Waals surface area contributed by atoms with Gasteiger partial charge in [-0.1, -0.05) is 46.0 Å². The van der Waals surface area contributed by atoms with Gasteiger partial charge in [0.25, 0.3) is 0 Å². The fourth-order valence-electron chi connectivity index (χ4n) is 3.67. The third-order valence-corrected chi connectivity index (χ3v) is 5.58. The molecule has 1 aliphatic rings. The van der Waals surface area contributed by atoms with Crippen LogP contribution in [0.4, 0.5) is 0 Å². The fourth-order valence-corrected chi connectivity index (χ4v) is 3.67. The van der Waals surface area contributed by atoms with E-state index in [2.05, 4.69) is 48.3 Å². The summed E-state index contributed by atoms with van der Waals surface area (Å²) in [5.41, 5.74) is 3.14. The molecule has 2 aromatic rings. The summed E-state index contributed by atoms with van der Waals surface area (Å²) < 4.78 is 5.72. The maximum absolute atomic E-state index is 5.72. The van der Waals surface area contributed by atoms with Crippen molar-refractivity contribution < 1.29 is 4.74 Å². The number of aromatic nitrogens is 2. The largest absolute Gasteiger partial charge is 0.494 e. The molecule has 3 heteroatoms. The van der Waals surface area contributed by atoms with Crippen molar-refractivity contribution in [2.75, 3.05) is 6.61 Å². The van der Waals surface area contributed by atoms with Gasteiger partial charge in [0.1, 0.15) is 5.75 Å². The maximum Gasteiger partial charge on any atom is 0.119 e. The summed E-state index contributed by atoms with van der Waals surface area (Å²) in [6.45, 7) is 5.33. The molecular formula is C23H32N2O. The van der Waals surface area contributed by atoms with Crippen LogP contribution in [0.3, 0.4) is 0 Å². The van der Waals surface area contributed by atoms with Crippen LogP contribution in [-0.4, -0.2) is 16.8 Å². The first kappa shape index (κ1) is 18.9. The van der Waals surface area contributed by atoms with Crippen LogP contribution in [0.25, 0.3) is 11.3 Å². The van der Waals surface area contributed by atoms with E-state index >= 15 is 0 Å². The van der Waals surface area contributed by atoms with E-state index in [-0.39, 0.29) is 0 Å². The molecule has 0 amide bonds. The van der Waals surface area contributed by atoms with E-state index in [1.807, 2.05) is 12.1 Å². The number of rotatable bonds is 8. The normalized spacial score (nSPS) is 20.1. The summed E-state index contributed by atoms with van der Waals surface area (Å²) in [5.74, 6) is 2.73. The fraction of sp³-hybridized carbons (Fsp3) is 0.565. The lowest BCUT2D eigenvalue weighted by Gasteiger charge is -2.25. The lowest BCUT2D eigenvalue weighted by Crippen LogP contribution is -2.13. The summed E-state index contributed by atoms with van der Waals surface area (Å²) in [6.07, 6.45) is 10.1. The molecule has 1 aromatic heterocycles. The van der Waals surface area contributed by atoms with Gasteiger partial charge in [0.05, 0.1) is 18.0 Å². The van der Waals surface area contributed by atoms with Crippen LogP contribution in [0.2, 0.25) is 0 Å². The van der Waals surface area contributed by atoms with Gasteiger partial charge in [-0.05, 0) is 67.5 Å². The molecule has 0 atom stereocenters. The van der Waals surface area contributed by atoms with Crippen LogP contribution < -0.4 is 4.74 Å². The van der Waals surface area contributed by atoms with Gasteiger partial charge in [-0.2, -0.15) is 10.2 Å². The Morgan fingerprint density at radius 2 is 1.73 bits per heavy atom. The zero-order valence-electron chi connectivity index (χ0n) is 16.3. The molecule has 0 N–H and O–H groups in total. The maximum atomic E-state index is 5.72. The van der Waals surface area contributed by atoms with Crippen LogP contribution in [0.15, 0.2) is 36.4 Å². The Labute approximate surface area is 158 Å². The first-order valence-electron chi connectivity index (χ1n) is 10.3. The van der Waals surface area contributed by atoms with Crippen molar-refractivity contribution in [2.45, 2.75) is 65.2 Å². The first-order chi connectivity index (χ1) is 12.7. The Morgan fingerprint density at radius 3 is 2.38 bits per heavy atom. The van der Waals surface area contributed by atoms with Gasteiger partial charge >= 0.3 is 0 Å². The van der Waals surface area contributed by atoms with Crippen LogP contribution in [0, 0.1) is 11.8 Å². The molecule has 3 rings (SSSR count). The van der Waals surface area contributed by atoms with E-state index in [9.17, 15) is 0 Å². The minimum atomic E-state index is 0.782. The van der Waals surface area contributed by atoms with Crippen LogP contribution in [0.1, 0.15) is 64.5 Å². The molecule has 0 spiro atoms. The van der Waals surface area contributed by atoms with Gasteiger partial charge in [-0.3, -0.25) is 0 Å². The number of hydrogen-bond donors (Lipinski definition) is 0. The molecule has 0 bridgehead atoms. The van der Waals surface area contributed by atoms with Gasteiger partial charge in [0, 0.05) is 5.56 Å². The second kappa shape index (κ2) is 9.70. The predicted octanol–water partition coefficient (Wildman–Crippen LogP) is 6.08. The van der Waals surface area contributed by atoms with Gasteiger partial charge in [-0.15, -0.1) is 0 Å². The van der Waals surface area contributed by atoms with Gasteiger partial charge in [0.15, 0.2) is 0 Å².